The van der Waals surface area contributed by atoms with Gasteiger partial charge in [-0.15, -0.1) is 0 Å². The molecular weight excluding hydrogens is 276 g/mol. The number of rotatable bonds is 5. The monoisotopic (exact) mass is 312 g/mol. The standard InChI is InChI=1S/C18H36N2O2/c1-8-18(7,9-2)19-14(3)15-11-10-12-20(13-15)16(21)22-17(4,5)6/h14-15,19H,8-13H2,1-7H3. The van der Waals surface area contributed by atoms with Crippen LogP contribution in [0.5, 0.6) is 0 Å². The summed E-state index contributed by atoms with van der Waals surface area (Å²) < 4.78 is 5.52. The second kappa shape index (κ2) is 7.67. The number of carbonyl (C=O) groups is 1. The minimum Gasteiger partial charge on any atom is -0.444 e. The number of nitrogens with zero attached hydrogens (tertiary/aromatic N) is 1. The number of nitrogens with one attached hydrogen (secondary N) is 1. The highest BCUT2D eigenvalue weighted by molar-refractivity contribution is 5.68. The fraction of sp³-hybridized carbons (Fsp3) is 0.944. The second-order valence-corrected chi connectivity index (χ2v) is 8.03. The van der Waals surface area contributed by atoms with Crippen molar-refractivity contribution in [3.63, 3.8) is 0 Å². The molecule has 4 heteroatoms. The van der Waals surface area contributed by atoms with E-state index in [4.69, 9.17) is 4.74 Å². The van der Waals surface area contributed by atoms with E-state index >= 15 is 0 Å². The molecule has 1 heterocycles. The summed E-state index contributed by atoms with van der Waals surface area (Å²) in [4.78, 5) is 14.1. The summed E-state index contributed by atoms with van der Waals surface area (Å²) in [5.74, 6) is 0.499. The zero-order valence-corrected chi connectivity index (χ0v) is 15.7. The van der Waals surface area contributed by atoms with Crippen LogP contribution in [0.3, 0.4) is 0 Å². The zero-order valence-electron chi connectivity index (χ0n) is 15.7. The number of likely N-dealkylation sites (tertiary alicyclic amines) is 1. The van der Waals surface area contributed by atoms with Crippen LogP contribution < -0.4 is 5.32 Å². The Bertz CT molecular complexity index is 359. The SMILES string of the molecule is CCC(C)(CC)NC(C)C1CCCN(C(=O)OC(C)(C)C)C1. The molecular formula is C18H36N2O2. The minimum atomic E-state index is -0.420. The maximum atomic E-state index is 12.3. The predicted molar refractivity (Wildman–Crippen MR) is 92.1 cm³/mol. The van der Waals surface area contributed by atoms with Crippen LogP contribution in [0, 0.1) is 5.92 Å². The second-order valence-electron chi connectivity index (χ2n) is 8.03. The first-order valence-corrected chi connectivity index (χ1v) is 8.86. The normalized spacial score (nSPS) is 21.6. The number of ether oxygens (including phenoxy) is 1. The number of carbonyl (C=O) groups excluding carboxylic acids is 1. The molecule has 1 aliphatic rings. The van der Waals surface area contributed by atoms with Crippen molar-refractivity contribution in [1.82, 2.24) is 10.2 Å². The van der Waals surface area contributed by atoms with Crippen molar-refractivity contribution in [3.05, 3.63) is 0 Å². The van der Waals surface area contributed by atoms with Crippen molar-refractivity contribution in [2.75, 3.05) is 13.1 Å². The van der Waals surface area contributed by atoms with Crippen LogP contribution in [-0.2, 0) is 4.74 Å². The number of piperidine rings is 1. The Labute approximate surface area is 137 Å². The molecule has 1 N–H and O–H groups in total. The average Bonchev–Trinajstić information content (AvgIpc) is 2.45. The van der Waals surface area contributed by atoms with Gasteiger partial charge in [0.2, 0.25) is 0 Å². The van der Waals surface area contributed by atoms with Crippen molar-refractivity contribution in [2.45, 2.75) is 91.3 Å². The first kappa shape index (κ1) is 19.3. The van der Waals surface area contributed by atoms with Crippen molar-refractivity contribution >= 4 is 6.09 Å². The van der Waals surface area contributed by atoms with Crippen LogP contribution >= 0.6 is 0 Å². The third-order valence-electron chi connectivity index (χ3n) is 4.95. The topological polar surface area (TPSA) is 41.6 Å². The van der Waals surface area contributed by atoms with E-state index in [0.717, 1.165) is 32.4 Å². The molecule has 1 saturated heterocycles. The van der Waals surface area contributed by atoms with E-state index in [0.29, 0.717) is 12.0 Å². The Kier molecular flexibility index (Phi) is 6.72. The summed E-state index contributed by atoms with van der Waals surface area (Å²) >= 11 is 0. The fourth-order valence-corrected chi connectivity index (χ4v) is 3.03. The molecule has 0 aromatic heterocycles. The summed E-state index contributed by atoms with van der Waals surface area (Å²) in [6.07, 6.45) is 4.31. The largest absolute Gasteiger partial charge is 0.444 e. The fourth-order valence-electron chi connectivity index (χ4n) is 3.03. The van der Waals surface area contributed by atoms with Crippen LogP contribution in [0.1, 0.15) is 74.1 Å². The van der Waals surface area contributed by atoms with Gasteiger partial charge in [0.05, 0.1) is 0 Å². The zero-order chi connectivity index (χ0) is 17.0. The summed E-state index contributed by atoms with van der Waals surface area (Å²) in [6, 6.07) is 0.412. The summed E-state index contributed by atoms with van der Waals surface area (Å²) in [7, 11) is 0. The third-order valence-corrected chi connectivity index (χ3v) is 4.95. The van der Waals surface area contributed by atoms with Gasteiger partial charge in [-0.05, 0) is 66.2 Å². The van der Waals surface area contributed by atoms with E-state index in [-0.39, 0.29) is 11.6 Å². The molecule has 0 spiro atoms. The minimum absolute atomic E-state index is 0.168. The van der Waals surface area contributed by atoms with Crippen LogP contribution in [0.15, 0.2) is 0 Å². The summed E-state index contributed by atoms with van der Waals surface area (Å²) in [5.41, 5.74) is -0.232. The molecule has 1 rings (SSSR count). The van der Waals surface area contributed by atoms with Gasteiger partial charge in [-0.25, -0.2) is 4.79 Å². The van der Waals surface area contributed by atoms with Gasteiger partial charge in [0.25, 0.3) is 0 Å². The van der Waals surface area contributed by atoms with Gasteiger partial charge in [-0.2, -0.15) is 0 Å². The highest BCUT2D eigenvalue weighted by Gasteiger charge is 2.32. The highest BCUT2D eigenvalue weighted by atomic mass is 16.6. The van der Waals surface area contributed by atoms with Gasteiger partial charge < -0.3 is 15.0 Å². The Balaban J connectivity index is 2.60. The van der Waals surface area contributed by atoms with Crippen molar-refractivity contribution in [1.29, 1.82) is 0 Å². The van der Waals surface area contributed by atoms with Gasteiger partial charge in [0, 0.05) is 24.7 Å². The molecule has 0 radical (unpaired) electrons. The lowest BCUT2D eigenvalue weighted by Crippen LogP contribution is -2.53. The number of amides is 1. The van der Waals surface area contributed by atoms with Gasteiger partial charge in [0.1, 0.15) is 5.60 Å². The van der Waals surface area contributed by atoms with Gasteiger partial charge >= 0.3 is 6.09 Å². The maximum Gasteiger partial charge on any atom is 0.410 e. The lowest BCUT2D eigenvalue weighted by molar-refractivity contribution is 0.0141. The molecule has 130 valence electrons. The molecule has 1 amide bonds. The third kappa shape index (κ3) is 5.79. The molecule has 2 atom stereocenters. The molecule has 0 bridgehead atoms. The van der Waals surface area contributed by atoms with Crippen LogP contribution in [0.2, 0.25) is 0 Å². The quantitative estimate of drug-likeness (QED) is 0.827. The molecule has 22 heavy (non-hydrogen) atoms. The van der Waals surface area contributed by atoms with E-state index < -0.39 is 5.60 Å². The Hall–Kier alpha value is -0.770. The predicted octanol–water partition coefficient (Wildman–Crippen LogP) is 4.19. The molecule has 1 fully saturated rings. The Morgan fingerprint density at radius 1 is 1.27 bits per heavy atom. The molecule has 1 aliphatic heterocycles. The smallest absolute Gasteiger partial charge is 0.410 e. The Morgan fingerprint density at radius 3 is 2.36 bits per heavy atom. The van der Waals surface area contributed by atoms with Crippen LogP contribution in [0.4, 0.5) is 4.79 Å². The molecule has 2 unspecified atom stereocenters. The average molecular weight is 312 g/mol. The summed E-state index contributed by atoms with van der Waals surface area (Å²) in [5, 5.41) is 3.79. The summed E-state index contributed by atoms with van der Waals surface area (Å²) in [6.45, 7) is 16.4. The molecule has 0 aromatic carbocycles. The first-order valence-electron chi connectivity index (χ1n) is 8.86. The Morgan fingerprint density at radius 2 is 1.86 bits per heavy atom. The van der Waals surface area contributed by atoms with E-state index in [1.165, 1.54) is 6.42 Å². The van der Waals surface area contributed by atoms with E-state index in [1.54, 1.807) is 0 Å². The van der Waals surface area contributed by atoms with Crippen molar-refractivity contribution in [2.24, 2.45) is 5.92 Å². The van der Waals surface area contributed by atoms with Crippen molar-refractivity contribution in [3.8, 4) is 0 Å². The van der Waals surface area contributed by atoms with Gasteiger partial charge in [-0.3, -0.25) is 0 Å². The molecule has 0 aliphatic carbocycles. The van der Waals surface area contributed by atoms with E-state index in [9.17, 15) is 4.79 Å². The molecule has 4 nitrogen and oxygen atoms in total. The molecule has 0 saturated carbocycles. The highest BCUT2D eigenvalue weighted by Crippen LogP contribution is 2.24. The van der Waals surface area contributed by atoms with Gasteiger partial charge in [-0.1, -0.05) is 13.8 Å². The van der Waals surface area contributed by atoms with Crippen molar-refractivity contribution < 1.29 is 9.53 Å². The number of hydrogen-bond acceptors (Lipinski definition) is 3. The maximum absolute atomic E-state index is 12.3. The van der Waals surface area contributed by atoms with Gasteiger partial charge in [0.15, 0.2) is 0 Å². The molecule has 0 aromatic rings. The van der Waals surface area contributed by atoms with E-state index in [1.807, 2.05) is 25.7 Å². The number of hydrogen-bond donors (Lipinski definition) is 1. The lowest BCUT2D eigenvalue weighted by atomic mass is 9.87. The first-order chi connectivity index (χ1) is 10.1. The van der Waals surface area contributed by atoms with E-state index in [2.05, 4.69) is 33.0 Å². The van der Waals surface area contributed by atoms with Crippen LogP contribution in [-0.4, -0.2) is 41.3 Å². The lowest BCUT2D eigenvalue weighted by Gasteiger charge is -2.40. The van der Waals surface area contributed by atoms with Crippen LogP contribution in [0.25, 0.3) is 0 Å².